The molecular weight excluding hydrogens is 228 g/mol. The van der Waals surface area contributed by atoms with E-state index in [2.05, 4.69) is 0 Å². The number of hydrogen-bond acceptors (Lipinski definition) is 2. The first-order valence-electron chi connectivity index (χ1n) is 6.38. The van der Waals surface area contributed by atoms with Gasteiger partial charge in [-0.2, -0.15) is 0 Å². The van der Waals surface area contributed by atoms with Crippen LogP contribution in [0.3, 0.4) is 0 Å². The van der Waals surface area contributed by atoms with E-state index in [0.717, 1.165) is 30.5 Å². The van der Waals surface area contributed by atoms with E-state index in [1.165, 1.54) is 5.01 Å². The summed E-state index contributed by atoms with van der Waals surface area (Å²) in [5.74, 6) is -0.0568. The molecule has 0 radical (unpaired) electrons. The van der Waals surface area contributed by atoms with Crippen LogP contribution in [0.15, 0.2) is 30.3 Å². The van der Waals surface area contributed by atoms with Crippen molar-refractivity contribution in [3.05, 3.63) is 35.5 Å². The molecule has 4 heteroatoms. The molecule has 1 fully saturated rings. The molecule has 1 saturated carbocycles. The third kappa shape index (κ3) is 1.32. The van der Waals surface area contributed by atoms with Gasteiger partial charge in [-0.25, -0.2) is 0 Å². The van der Waals surface area contributed by atoms with Crippen molar-refractivity contribution in [2.24, 2.45) is 5.41 Å². The van der Waals surface area contributed by atoms with E-state index in [4.69, 9.17) is 0 Å². The maximum atomic E-state index is 12.6. The summed E-state index contributed by atoms with van der Waals surface area (Å²) in [4.78, 5) is 13.4. The highest BCUT2D eigenvalue weighted by Crippen LogP contribution is 2.45. The summed E-state index contributed by atoms with van der Waals surface area (Å²) in [5.41, 5.74) is 0.770. The van der Waals surface area contributed by atoms with Gasteiger partial charge in [0.05, 0.1) is 0 Å². The molecule has 0 bridgehead atoms. The number of rotatable bonds is 1. The number of nitrogens with zero attached hydrogens (tertiary/aromatic N) is 2. The Morgan fingerprint density at radius 1 is 1.22 bits per heavy atom. The van der Waals surface area contributed by atoms with Crippen molar-refractivity contribution < 1.29 is 9.64 Å². The van der Waals surface area contributed by atoms with E-state index in [-0.39, 0.29) is 5.91 Å². The summed E-state index contributed by atoms with van der Waals surface area (Å²) in [6.45, 7) is 1.79. The fraction of sp³-hybridized carbons (Fsp3) is 0.429. The van der Waals surface area contributed by atoms with Gasteiger partial charge in [0.2, 0.25) is 5.71 Å². The van der Waals surface area contributed by atoms with E-state index in [1.807, 2.05) is 18.2 Å². The lowest BCUT2D eigenvalue weighted by molar-refractivity contribution is -0.456. The van der Waals surface area contributed by atoms with Gasteiger partial charge in [-0.05, 0) is 25.0 Å². The van der Waals surface area contributed by atoms with Gasteiger partial charge < -0.3 is 5.21 Å². The Kier molecular flexibility index (Phi) is 2.40. The van der Waals surface area contributed by atoms with Gasteiger partial charge in [0.1, 0.15) is 11.1 Å². The van der Waals surface area contributed by atoms with Crippen LogP contribution in [-0.2, 0) is 4.79 Å². The minimum absolute atomic E-state index is 0.0568. The number of hydrazone groups is 1. The fourth-order valence-corrected chi connectivity index (χ4v) is 3.12. The number of carbonyl (C=O) groups excluding carboxylic acids is 1. The van der Waals surface area contributed by atoms with Crippen molar-refractivity contribution in [2.45, 2.75) is 32.6 Å². The molecule has 0 atom stereocenters. The van der Waals surface area contributed by atoms with Gasteiger partial charge >= 0.3 is 5.91 Å². The molecule has 3 rings (SSSR count). The molecule has 0 saturated heterocycles. The van der Waals surface area contributed by atoms with Crippen molar-refractivity contribution in [3.63, 3.8) is 0 Å². The monoisotopic (exact) mass is 244 g/mol. The largest absolute Gasteiger partial charge is 0.596 e. The minimum atomic E-state index is -0.530. The van der Waals surface area contributed by atoms with Crippen molar-refractivity contribution in [3.8, 4) is 0 Å². The smallest absolute Gasteiger partial charge is 0.301 e. The molecule has 94 valence electrons. The third-order valence-electron chi connectivity index (χ3n) is 4.22. The number of anilines is 1. The molecule has 1 aromatic carbocycles. The highest BCUT2D eigenvalue weighted by atomic mass is 16.5. The topological polar surface area (TPSA) is 46.4 Å². The number of amides is 1. The van der Waals surface area contributed by atoms with Gasteiger partial charge in [-0.1, -0.05) is 40.9 Å². The predicted molar refractivity (Wildman–Crippen MR) is 69.1 cm³/mol. The van der Waals surface area contributed by atoms with Crippen LogP contribution in [-0.4, -0.2) is 16.5 Å². The lowest BCUT2D eigenvalue weighted by Crippen LogP contribution is -2.38. The summed E-state index contributed by atoms with van der Waals surface area (Å²) in [7, 11) is 0. The zero-order valence-electron chi connectivity index (χ0n) is 10.4. The molecule has 1 aliphatic heterocycles. The Morgan fingerprint density at radius 2 is 1.83 bits per heavy atom. The quantitative estimate of drug-likeness (QED) is 0.563. The molecule has 4 nitrogen and oxygen atoms in total. The summed E-state index contributed by atoms with van der Waals surface area (Å²) in [6.07, 6.45) is 3.67. The summed E-state index contributed by atoms with van der Waals surface area (Å²) >= 11 is 0. The first-order valence-corrected chi connectivity index (χ1v) is 6.38. The zero-order valence-corrected chi connectivity index (χ0v) is 10.4. The van der Waals surface area contributed by atoms with Gasteiger partial charge in [-0.3, -0.25) is 4.79 Å². The number of para-hydroxylation sites is 1. The van der Waals surface area contributed by atoms with Gasteiger partial charge in [0, 0.05) is 6.92 Å². The molecule has 18 heavy (non-hydrogen) atoms. The average Bonchev–Trinajstić information content (AvgIpc) is 2.95. The first-order chi connectivity index (χ1) is 8.67. The maximum Gasteiger partial charge on any atom is 0.301 e. The highest BCUT2D eigenvalue weighted by molar-refractivity contribution is 6.14. The number of benzene rings is 1. The number of hydrazine groups is 1. The van der Waals surface area contributed by atoms with Crippen molar-refractivity contribution in [1.82, 2.24) is 0 Å². The van der Waals surface area contributed by atoms with Crippen LogP contribution in [0, 0.1) is 10.6 Å². The third-order valence-corrected chi connectivity index (χ3v) is 4.22. The molecular formula is C14H16N2O2. The second-order valence-electron chi connectivity index (χ2n) is 5.10. The Labute approximate surface area is 106 Å². The van der Waals surface area contributed by atoms with E-state index in [9.17, 15) is 10.0 Å². The van der Waals surface area contributed by atoms with Crippen LogP contribution < -0.4 is 5.01 Å². The van der Waals surface area contributed by atoms with Crippen molar-refractivity contribution >= 4 is 17.3 Å². The Morgan fingerprint density at radius 3 is 2.44 bits per heavy atom. The molecule has 1 amide bonds. The van der Waals surface area contributed by atoms with E-state index < -0.39 is 5.41 Å². The molecule has 1 spiro atoms. The predicted octanol–water partition coefficient (Wildman–Crippen LogP) is 2.48. The van der Waals surface area contributed by atoms with Crippen LogP contribution in [0.25, 0.3) is 0 Å². The second kappa shape index (κ2) is 3.83. The Hall–Kier alpha value is -1.84. The summed E-state index contributed by atoms with van der Waals surface area (Å²) in [5, 5.41) is 13.5. The Balaban J connectivity index is 2.07. The van der Waals surface area contributed by atoms with Crippen LogP contribution in [0.1, 0.15) is 32.6 Å². The average molecular weight is 244 g/mol. The normalized spacial score (nSPS) is 22.3. The highest BCUT2D eigenvalue weighted by Gasteiger charge is 2.58. The van der Waals surface area contributed by atoms with Crippen LogP contribution >= 0.6 is 0 Å². The van der Waals surface area contributed by atoms with Gasteiger partial charge in [0.25, 0.3) is 0 Å². The maximum absolute atomic E-state index is 12.6. The van der Waals surface area contributed by atoms with Crippen LogP contribution in [0.2, 0.25) is 0 Å². The van der Waals surface area contributed by atoms with E-state index in [0.29, 0.717) is 11.4 Å². The molecule has 1 aromatic rings. The lowest BCUT2D eigenvalue weighted by atomic mass is 9.81. The van der Waals surface area contributed by atoms with Crippen molar-refractivity contribution in [1.29, 1.82) is 0 Å². The summed E-state index contributed by atoms with van der Waals surface area (Å²) < 4.78 is 0. The molecule has 1 heterocycles. The van der Waals surface area contributed by atoms with Gasteiger partial charge in [0.15, 0.2) is 0 Å². The van der Waals surface area contributed by atoms with Crippen molar-refractivity contribution in [2.75, 3.05) is 5.01 Å². The van der Waals surface area contributed by atoms with Crippen LogP contribution in [0.4, 0.5) is 5.69 Å². The molecule has 0 N–H and O–H groups in total. The first kappa shape index (κ1) is 11.3. The van der Waals surface area contributed by atoms with E-state index >= 15 is 0 Å². The van der Waals surface area contributed by atoms with E-state index in [1.54, 1.807) is 19.1 Å². The van der Waals surface area contributed by atoms with Crippen LogP contribution in [0.5, 0.6) is 0 Å². The number of carbonyl (C=O) groups is 1. The molecule has 2 aliphatic rings. The second-order valence-corrected chi connectivity index (χ2v) is 5.10. The molecule has 0 aromatic heterocycles. The lowest BCUT2D eigenvalue weighted by Gasteiger charge is -2.17. The number of hydrogen-bond donors (Lipinski definition) is 0. The fourth-order valence-electron chi connectivity index (χ4n) is 3.12. The van der Waals surface area contributed by atoms with Gasteiger partial charge in [-0.15, -0.1) is 0 Å². The molecule has 0 unspecified atom stereocenters. The zero-order chi connectivity index (χ0) is 12.8. The summed E-state index contributed by atoms with van der Waals surface area (Å²) in [6, 6.07) is 9.14. The SMILES string of the molecule is CC1=[N+]([O-])N(c2ccccc2)C(=O)C12CCCC2. The molecule has 1 aliphatic carbocycles. The minimum Gasteiger partial charge on any atom is -0.596 e. The standard InChI is InChI=1S/C14H16N2O2/c1-11-14(9-5-6-10-14)13(17)15(16(11)18)12-7-3-2-4-8-12/h2-4,7-8H,5-6,9-10H2,1H3. The Bertz CT molecular complexity index is 516.